The molecule has 1 aliphatic rings. The molecule has 6 rings (SSSR count). The molecule has 0 unspecified atom stereocenters. The summed E-state index contributed by atoms with van der Waals surface area (Å²) in [5.74, 6) is 1.54. The van der Waals surface area contributed by atoms with Crippen molar-refractivity contribution in [2.75, 3.05) is 16.8 Å². The number of rotatable bonds is 9. The number of nitrogens with zero attached hydrogens (tertiary/aromatic N) is 3. The predicted octanol–water partition coefficient (Wildman–Crippen LogP) is 6.44. The van der Waals surface area contributed by atoms with Crippen LogP contribution >= 0.6 is 12.2 Å². The number of para-hydroxylation sites is 1. The summed E-state index contributed by atoms with van der Waals surface area (Å²) in [5.41, 5.74) is 2.90. The first-order valence-corrected chi connectivity index (χ1v) is 13.8. The summed E-state index contributed by atoms with van der Waals surface area (Å²) in [4.78, 5) is 29.6. The van der Waals surface area contributed by atoms with E-state index in [1.54, 1.807) is 42.6 Å². The maximum atomic E-state index is 12.5. The summed E-state index contributed by atoms with van der Waals surface area (Å²) in [6.07, 6.45) is 1.73. The summed E-state index contributed by atoms with van der Waals surface area (Å²) < 4.78 is 11.9. The summed E-state index contributed by atoms with van der Waals surface area (Å²) >= 11 is 5.79. The number of anilines is 2. The molecule has 0 saturated carbocycles. The van der Waals surface area contributed by atoms with Crippen molar-refractivity contribution in [3.05, 3.63) is 137 Å². The number of nitro groups is 1. The molecule has 2 atom stereocenters. The molecule has 11 heteroatoms. The molecule has 2 N–H and O–H groups in total. The Hall–Kier alpha value is -5.55. The average Bonchev–Trinajstić information content (AvgIpc) is 3.66. The van der Waals surface area contributed by atoms with Crippen LogP contribution in [0.2, 0.25) is 0 Å². The van der Waals surface area contributed by atoms with E-state index in [9.17, 15) is 14.9 Å². The number of hydrogen-bond acceptors (Lipinski definition) is 7. The fourth-order valence-electron chi connectivity index (χ4n) is 4.90. The lowest BCUT2D eigenvalue weighted by atomic mass is 10.0. The fourth-order valence-corrected chi connectivity index (χ4v) is 5.25. The highest BCUT2D eigenvalue weighted by Crippen LogP contribution is 2.43. The molecule has 0 radical (unpaired) electrons. The fraction of sp³-hybridized carbons (Fsp3) is 0.0938. The monoisotopic (exact) mass is 591 g/mol. The Kier molecular flexibility index (Phi) is 7.79. The second-order valence-electron chi connectivity index (χ2n) is 9.70. The van der Waals surface area contributed by atoms with E-state index in [0.29, 0.717) is 33.6 Å². The standard InChI is InChI=1S/C32H25N5O5S/c38-29(20-41-25-6-2-1-3-7-25)34-22-11-15-23(16-12-22)36-31(30(35-32(36)43)26-8-4-5-19-33-26)28-18-17-27(42-28)21-9-13-24(14-10-21)37(39)40/h1-19,30-31H,20H2,(H,34,38)(H,35,43)/t30-,31-/m0/s1. The van der Waals surface area contributed by atoms with Crippen LogP contribution in [0.1, 0.15) is 23.5 Å². The van der Waals surface area contributed by atoms with Crippen LogP contribution < -0.4 is 20.3 Å². The Labute approximate surface area is 252 Å². The first-order valence-electron chi connectivity index (χ1n) is 13.4. The van der Waals surface area contributed by atoms with Crippen molar-refractivity contribution in [2.24, 2.45) is 0 Å². The van der Waals surface area contributed by atoms with E-state index in [4.69, 9.17) is 21.4 Å². The maximum Gasteiger partial charge on any atom is 0.269 e. The van der Waals surface area contributed by atoms with E-state index >= 15 is 0 Å². The third kappa shape index (κ3) is 6.07. The highest BCUT2D eigenvalue weighted by Gasteiger charge is 2.42. The van der Waals surface area contributed by atoms with Gasteiger partial charge in [0, 0.05) is 35.3 Å². The number of nitrogens with one attached hydrogen (secondary N) is 2. The van der Waals surface area contributed by atoms with Gasteiger partial charge in [-0.05, 0) is 85.0 Å². The Morgan fingerprint density at radius 3 is 2.42 bits per heavy atom. The van der Waals surface area contributed by atoms with Gasteiger partial charge in [0.1, 0.15) is 23.3 Å². The van der Waals surface area contributed by atoms with Crippen molar-refractivity contribution < 1.29 is 18.9 Å². The zero-order chi connectivity index (χ0) is 29.8. The Morgan fingerprint density at radius 2 is 1.72 bits per heavy atom. The Morgan fingerprint density at radius 1 is 0.977 bits per heavy atom. The van der Waals surface area contributed by atoms with Crippen molar-refractivity contribution in [1.29, 1.82) is 0 Å². The molecular formula is C32H25N5O5S. The molecule has 2 aromatic heterocycles. The number of nitro benzene ring substituents is 1. The zero-order valence-corrected chi connectivity index (χ0v) is 23.4. The van der Waals surface area contributed by atoms with E-state index in [2.05, 4.69) is 15.6 Å². The molecule has 3 aromatic carbocycles. The van der Waals surface area contributed by atoms with Gasteiger partial charge in [-0.15, -0.1) is 0 Å². The van der Waals surface area contributed by atoms with Gasteiger partial charge in [-0.2, -0.15) is 0 Å². The van der Waals surface area contributed by atoms with Crippen LogP contribution in [0.4, 0.5) is 17.1 Å². The Bertz CT molecular complexity index is 1740. The van der Waals surface area contributed by atoms with Crippen LogP contribution in [0.15, 0.2) is 120 Å². The third-order valence-corrected chi connectivity index (χ3v) is 7.24. The van der Waals surface area contributed by atoms with E-state index < -0.39 is 11.0 Å². The first-order chi connectivity index (χ1) is 21.0. The van der Waals surface area contributed by atoms with Gasteiger partial charge in [-0.3, -0.25) is 19.9 Å². The van der Waals surface area contributed by atoms with E-state index in [0.717, 1.165) is 11.4 Å². The Balaban J connectivity index is 1.25. The molecule has 1 amide bonds. The molecule has 10 nitrogen and oxygen atoms in total. The topological polar surface area (TPSA) is 123 Å². The minimum absolute atomic E-state index is 0.00520. The number of furan rings is 1. The largest absolute Gasteiger partial charge is 0.484 e. The normalized spacial score (nSPS) is 16.0. The lowest BCUT2D eigenvalue weighted by Gasteiger charge is -2.26. The first kappa shape index (κ1) is 27.6. The van der Waals surface area contributed by atoms with Crippen LogP contribution in [-0.4, -0.2) is 27.5 Å². The van der Waals surface area contributed by atoms with Gasteiger partial charge in [0.2, 0.25) is 0 Å². The van der Waals surface area contributed by atoms with Crippen LogP contribution in [-0.2, 0) is 4.79 Å². The smallest absolute Gasteiger partial charge is 0.269 e. The van der Waals surface area contributed by atoms with Crippen LogP contribution in [0, 0.1) is 10.1 Å². The van der Waals surface area contributed by atoms with Gasteiger partial charge in [0.25, 0.3) is 11.6 Å². The number of thiocarbonyl (C=S) groups is 1. The summed E-state index contributed by atoms with van der Waals surface area (Å²) in [6.45, 7) is -0.116. The number of carbonyl (C=O) groups excluding carboxylic acids is 1. The summed E-state index contributed by atoms with van der Waals surface area (Å²) in [6, 6.07) is 31.4. The molecule has 0 bridgehead atoms. The lowest BCUT2D eigenvalue weighted by molar-refractivity contribution is -0.384. The number of non-ortho nitro benzene ring substituents is 1. The summed E-state index contributed by atoms with van der Waals surface area (Å²) in [7, 11) is 0. The van der Waals surface area contributed by atoms with Crippen molar-refractivity contribution >= 4 is 40.3 Å². The number of carbonyl (C=O) groups is 1. The lowest BCUT2D eigenvalue weighted by Crippen LogP contribution is -2.29. The van der Waals surface area contributed by atoms with Crippen molar-refractivity contribution in [3.63, 3.8) is 0 Å². The minimum atomic E-state index is -0.437. The second kappa shape index (κ2) is 12.1. The SMILES string of the molecule is O=C(COc1ccccc1)Nc1ccc(N2C(=S)N[C@@H](c3ccccn3)[C@@H]2c2ccc(-c3ccc([N+](=O)[O-])cc3)o2)cc1. The molecule has 1 aliphatic heterocycles. The van der Waals surface area contributed by atoms with E-state index in [1.807, 2.05) is 65.6 Å². The van der Waals surface area contributed by atoms with E-state index in [1.165, 1.54) is 12.1 Å². The number of pyridine rings is 1. The van der Waals surface area contributed by atoms with Gasteiger partial charge in [0.15, 0.2) is 11.7 Å². The number of benzene rings is 3. The van der Waals surface area contributed by atoms with Gasteiger partial charge in [-0.1, -0.05) is 24.3 Å². The van der Waals surface area contributed by atoms with Crippen LogP contribution in [0.5, 0.6) is 5.75 Å². The van der Waals surface area contributed by atoms with Crippen LogP contribution in [0.25, 0.3) is 11.3 Å². The number of aromatic nitrogens is 1. The van der Waals surface area contributed by atoms with Gasteiger partial charge >= 0.3 is 0 Å². The van der Waals surface area contributed by atoms with E-state index in [-0.39, 0.29) is 24.2 Å². The number of amides is 1. The molecule has 0 spiro atoms. The molecule has 214 valence electrons. The van der Waals surface area contributed by atoms with Crippen molar-refractivity contribution in [1.82, 2.24) is 10.3 Å². The second-order valence-corrected chi connectivity index (χ2v) is 10.1. The molecule has 43 heavy (non-hydrogen) atoms. The minimum Gasteiger partial charge on any atom is -0.484 e. The molecular weight excluding hydrogens is 566 g/mol. The maximum absolute atomic E-state index is 12.5. The highest BCUT2D eigenvalue weighted by molar-refractivity contribution is 7.80. The van der Waals surface area contributed by atoms with Crippen molar-refractivity contribution in [3.8, 4) is 17.1 Å². The van der Waals surface area contributed by atoms with Crippen LogP contribution in [0.3, 0.4) is 0 Å². The molecule has 1 fully saturated rings. The quantitative estimate of drug-likeness (QED) is 0.113. The molecule has 1 saturated heterocycles. The number of hydrogen-bond donors (Lipinski definition) is 2. The third-order valence-electron chi connectivity index (χ3n) is 6.92. The number of ether oxygens (including phenoxy) is 1. The average molecular weight is 592 g/mol. The van der Waals surface area contributed by atoms with Gasteiger partial charge < -0.3 is 24.7 Å². The highest BCUT2D eigenvalue weighted by atomic mass is 32.1. The van der Waals surface area contributed by atoms with Crippen molar-refractivity contribution in [2.45, 2.75) is 12.1 Å². The van der Waals surface area contributed by atoms with Gasteiger partial charge in [0.05, 0.1) is 16.7 Å². The molecule has 5 aromatic rings. The molecule has 0 aliphatic carbocycles. The summed E-state index contributed by atoms with van der Waals surface area (Å²) in [5, 5.41) is 17.8. The zero-order valence-electron chi connectivity index (χ0n) is 22.6. The van der Waals surface area contributed by atoms with Gasteiger partial charge in [-0.25, -0.2) is 0 Å². The molecule has 3 heterocycles. The predicted molar refractivity (Wildman–Crippen MR) is 166 cm³/mol.